The largest absolute Gasteiger partial charge is 0.494 e. The number of rotatable bonds is 9. The Morgan fingerprint density at radius 3 is 2.28 bits per heavy atom. The van der Waals surface area contributed by atoms with E-state index >= 15 is 0 Å². The highest BCUT2D eigenvalue weighted by molar-refractivity contribution is 5.94. The molecule has 3 N–H and O–H groups in total. The Morgan fingerprint density at radius 1 is 1.06 bits per heavy atom. The number of nitrogens with two attached hydrogens (primary N) is 1. The lowest BCUT2D eigenvalue weighted by molar-refractivity contribution is 0.304. The molecule has 0 aliphatic carbocycles. The second kappa shape index (κ2) is 8.56. The second-order valence-corrected chi connectivity index (χ2v) is 4.55. The van der Waals surface area contributed by atoms with Gasteiger partial charge in [0.15, 0.2) is 0 Å². The average Bonchev–Trinajstić information content (AvgIpc) is 2.38. The van der Waals surface area contributed by atoms with Crippen LogP contribution in [0.5, 0.6) is 5.75 Å². The van der Waals surface area contributed by atoms with Crippen LogP contribution in [0.25, 0.3) is 0 Å². The maximum Gasteiger partial charge on any atom is 0.122 e. The highest BCUT2D eigenvalue weighted by Gasteiger charge is 1.97. The standard InChI is InChI=1S/C15H24N2O/c1-2-3-4-5-6-7-12-18-14-10-8-13(9-11-14)15(16)17/h8-11H,2-7,12H2,1H3,(H3,16,17). The Kier molecular flexibility index (Phi) is 6.92. The van der Waals surface area contributed by atoms with E-state index in [1.54, 1.807) is 0 Å². The summed E-state index contributed by atoms with van der Waals surface area (Å²) in [4.78, 5) is 0. The molecule has 18 heavy (non-hydrogen) atoms. The van der Waals surface area contributed by atoms with Gasteiger partial charge in [0.05, 0.1) is 6.61 Å². The highest BCUT2D eigenvalue weighted by atomic mass is 16.5. The molecule has 0 saturated heterocycles. The van der Waals surface area contributed by atoms with Crippen molar-refractivity contribution in [1.82, 2.24) is 0 Å². The van der Waals surface area contributed by atoms with E-state index in [9.17, 15) is 0 Å². The molecule has 0 amide bonds. The first-order chi connectivity index (χ1) is 8.74. The van der Waals surface area contributed by atoms with Crippen molar-refractivity contribution in [1.29, 1.82) is 5.41 Å². The number of nitrogens with one attached hydrogen (secondary N) is 1. The lowest BCUT2D eigenvalue weighted by Gasteiger charge is -2.06. The quantitative estimate of drug-likeness (QED) is 0.397. The summed E-state index contributed by atoms with van der Waals surface area (Å²) in [6, 6.07) is 7.37. The third-order valence-electron chi connectivity index (χ3n) is 2.93. The molecule has 3 nitrogen and oxygen atoms in total. The summed E-state index contributed by atoms with van der Waals surface area (Å²) in [6.07, 6.45) is 7.63. The number of hydrogen-bond donors (Lipinski definition) is 2. The Morgan fingerprint density at radius 2 is 1.67 bits per heavy atom. The molecule has 0 aromatic heterocycles. The van der Waals surface area contributed by atoms with Crippen LogP contribution in [0.1, 0.15) is 51.0 Å². The molecule has 1 rings (SSSR count). The summed E-state index contributed by atoms with van der Waals surface area (Å²) >= 11 is 0. The number of unbranched alkanes of at least 4 members (excludes halogenated alkanes) is 5. The molecule has 0 fully saturated rings. The highest BCUT2D eigenvalue weighted by Crippen LogP contribution is 2.13. The van der Waals surface area contributed by atoms with Crippen LogP contribution in [0, 0.1) is 5.41 Å². The molecular formula is C15H24N2O. The second-order valence-electron chi connectivity index (χ2n) is 4.55. The monoisotopic (exact) mass is 248 g/mol. The zero-order valence-electron chi connectivity index (χ0n) is 11.2. The molecular weight excluding hydrogens is 224 g/mol. The fourth-order valence-corrected chi connectivity index (χ4v) is 1.80. The van der Waals surface area contributed by atoms with Crippen LogP contribution in [0.3, 0.4) is 0 Å². The van der Waals surface area contributed by atoms with Gasteiger partial charge in [0, 0.05) is 5.56 Å². The molecule has 3 heteroatoms. The fraction of sp³-hybridized carbons (Fsp3) is 0.533. The van der Waals surface area contributed by atoms with Crippen molar-refractivity contribution in [2.75, 3.05) is 6.61 Å². The normalized spacial score (nSPS) is 10.3. The summed E-state index contributed by atoms with van der Waals surface area (Å²) in [6.45, 7) is 3.00. The first-order valence-electron chi connectivity index (χ1n) is 6.81. The molecule has 0 unspecified atom stereocenters. The molecule has 0 aliphatic rings. The van der Waals surface area contributed by atoms with Gasteiger partial charge in [0.25, 0.3) is 0 Å². The zero-order valence-corrected chi connectivity index (χ0v) is 11.2. The minimum Gasteiger partial charge on any atom is -0.494 e. The first-order valence-corrected chi connectivity index (χ1v) is 6.81. The predicted octanol–water partition coefficient (Wildman–Crippen LogP) is 3.71. The lowest BCUT2D eigenvalue weighted by atomic mass is 10.1. The van der Waals surface area contributed by atoms with Crippen molar-refractivity contribution in [3.05, 3.63) is 29.8 Å². The lowest BCUT2D eigenvalue weighted by Crippen LogP contribution is -2.10. The van der Waals surface area contributed by atoms with Gasteiger partial charge >= 0.3 is 0 Å². The summed E-state index contributed by atoms with van der Waals surface area (Å²) in [5.74, 6) is 0.950. The van der Waals surface area contributed by atoms with Gasteiger partial charge in [-0.3, -0.25) is 5.41 Å². The van der Waals surface area contributed by atoms with Crippen LogP contribution in [-0.2, 0) is 0 Å². The summed E-state index contributed by atoms with van der Waals surface area (Å²) in [5, 5.41) is 7.29. The predicted molar refractivity (Wildman–Crippen MR) is 76.3 cm³/mol. The summed E-state index contributed by atoms with van der Waals surface area (Å²) in [5.41, 5.74) is 6.12. The van der Waals surface area contributed by atoms with Gasteiger partial charge in [0.2, 0.25) is 0 Å². The molecule has 0 heterocycles. The Balaban J connectivity index is 2.14. The number of ether oxygens (including phenoxy) is 1. The van der Waals surface area contributed by atoms with Gasteiger partial charge in [-0.1, -0.05) is 39.0 Å². The average molecular weight is 248 g/mol. The molecule has 0 radical (unpaired) electrons. The van der Waals surface area contributed by atoms with E-state index in [-0.39, 0.29) is 5.84 Å². The Bertz CT molecular complexity index is 346. The maximum absolute atomic E-state index is 7.29. The van der Waals surface area contributed by atoms with Gasteiger partial charge in [-0.25, -0.2) is 0 Å². The van der Waals surface area contributed by atoms with Crippen LogP contribution in [0.15, 0.2) is 24.3 Å². The first kappa shape index (κ1) is 14.6. The zero-order chi connectivity index (χ0) is 13.2. The third kappa shape index (κ3) is 5.71. The van der Waals surface area contributed by atoms with Gasteiger partial charge in [-0.05, 0) is 30.7 Å². The molecule has 100 valence electrons. The third-order valence-corrected chi connectivity index (χ3v) is 2.93. The molecule has 0 aliphatic heterocycles. The number of nitrogen functional groups attached to an aromatic ring is 1. The van der Waals surface area contributed by atoms with Crippen LogP contribution >= 0.6 is 0 Å². The van der Waals surface area contributed by atoms with Crippen molar-refractivity contribution < 1.29 is 4.74 Å². The number of amidine groups is 1. The Hall–Kier alpha value is -1.51. The van der Waals surface area contributed by atoms with Gasteiger partial charge < -0.3 is 10.5 Å². The maximum atomic E-state index is 7.29. The minimum absolute atomic E-state index is 0.0949. The molecule has 1 aromatic carbocycles. The van der Waals surface area contributed by atoms with Crippen molar-refractivity contribution in [3.8, 4) is 5.75 Å². The van der Waals surface area contributed by atoms with Crippen molar-refractivity contribution in [3.63, 3.8) is 0 Å². The van der Waals surface area contributed by atoms with E-state index in [2.05, 4.69) is 6.92 Å². The van der Waals surface area contributed by atoms with Gasteiger partial charge in [0.1, 0.15) is 11.6 Å². The number of benzene rings is 1. The van der Waals surface area contributed by atoms with Crippen LogP contribution in [0.2, 0.25) is 0 Å². The smallest absolute Gasteiger partial charge is 0.122 e. The van der Waals surface area contributed by atoms with Gasteiger partial charge in [-0.15, -0.1) is 0 Å². The summed E-state index contributed by atoms with van der Waals surface area (Å²) in [7, 11) is 0. The van der Waals surface area contributed by atoms with Gasteiger partial charge in [-0.2, -0.15) is 0 Å². The van der Waals surface area contributed by atoms with Crippen LogP contribution in [0.4, 0.5) is 0 Å². The fourth-order valence-electron chi connectivity index (χ4n) is 1.80. The van der Waals surface area contributed by atoms with E-state index in [0.717, 1.165) is 24.3 Å². The molecule has 0 spiro atoms. The van der Waals surface area contributed by atoms with Crippen LogP contribution < -0.4 is 10.5 Å². The molecule has 0 atom stereocenters. The number of hydrogen-bond acceptors (Lipinski definition) is 2. The Labute approximate surface area is 110 Å². The van der Waals surface area contributed by atoms with Crippen molar-refractivity contribution >= 4 is 5.84 Å². The van der Waals surface area contributed by atoms with E-state index in [1.807, 2.05) is 24.3 Å². The van der Waals surface area contributed by atoms with Crippen molar-refractivity contribution in [2.24, 2.45) is 5.73 Å². The van der Waals surface area contributed by atoms with E-state index in [1.165, 1.54) is 32.1 Å². The van der Waals surface area contributed by atoms with E-state index in [0.29, 0.717) is 0 Å². The topological polar surface area (TPSA) is 59.1 Å². The van der Waals surface area contributed by atoms with Crippen molar-refractivity contribution in [2.45, 2.75) is 45.4 Å². The molecule has 1 aromatic rings. The van der Waals surface area contributed by atoms with E-state index in [4.69, 9.17) is 15.9 Å². The SMILES string of the molecule is CCCCCCCCOc1ccc(C(=N)N)cc1. The van der Waals surface area contributed by atoms with Crippen LogP contribution in [-0.4, -0.2) is 12.4 Å². The minimum atomic E-state index is 0.0949. The van der Waals surface area contributed by atoms with E-state index < -0.39 is 0 Å². The molecule has 0 bridgehead atoms. The summed E-state index contributed by atoms with van der Waals surface area (Å²) < 4.78 is 5.64. The molecule has 0 saturated carbocycles.